The lowest BCUT2D eigenvalue weighted by Crippen LogP contribution is -2.10. The van der Waals surface area contributed by atoms with Gasteiger partial charge in [0.2, 0.25) is 5.95 Å². The summed E-state index contributed by atoms with van der Waals surface area (Å²) in [6.07, 6.45) is 0.786. The van der Waals surface area contributed by atoms with Gasteiger partial charge < -0.3 is 15.4 Å². The Morgan fingerprint density at radius 3 is 2.69 bits per heavy atom. The third kappa shape index (κ3) is 4.69. The number of rotatable bonds is 7. The average molecular weight is 352 g/mol. The molecule has 0 atom stereocenters. The zero-order valence-corrected chi connectivity index (χ0v) is 14.8. The number of anilines is 3. The first kappa shape index (κ1) is 17.7. The lowest BCUT2D eigenvalue weighted by Gasteiger charge is -2.11. The van der Waals surface area contributed by atoms with E-state index in [0.717, 1.165) is 23.4 Å². The highest BCUT2D eigenvalue weighted by molar-refractivity contribution is 5.57. The second-order valence-electron chi connectivity index (χ2n) is 5.84. The molecule has 0 aliphatic rings. The van der Waals surface area contributed by atoms with Gasteiger partial charge in [0.25, 0.3) is 0 Å². The molecule has 3 aromatic rings. The van der Waals surface area contributed by atoms with Crippen LogP contribution in [0.15, 0.2) is 54.6 Å². The summed E-state index contributed by atoms with van der Waals surface area (Å²) in [6.45, 7) is 2.56. The van der Waals surface area contributed by atoms with Crippen LogP contribution in [0.1, 0.15) is 11.3 Å². The molecule has 0 aliphatic heterocycles. The average Bonchev–Trinajstić information content (AvgIpc) is 2.62. The molecule has 2 N–H and O–H groups in total. The fourth-order valence-electron chi connectivity index (χ4n) is 2.64. The Labute approximate surface area is 152 Å². The van der Waals surface area contributed by atoms with Gasteiger partial charge in [-0.15, -0.1) is 0 Å². The Kier molecular flexibility index (Phi) is 5.63. The zero-order chi connectivity index (χ0) is 18.4. The molecule has 0 unspecified atom stereocenters. The summed E-state index contributed by atoms with van der Waals surface area (Å²) in [5.41, 5.74) is 2.58. The van der Waals surface area contributed by atoms with Crippen molar-refractivity contribution in [3.05, 3.63) is 71.7 Å². The van der Waals surface area contributed by atoms with E-state index < -0.39 is 0 Å². The Morgan fingerprint density at radius 1 is 1.04 bits per heavy atom. The zero-order valence-electron chi connectivity index (χ0n) is 14.8. The first-order valence-corrected chi connectivity index (χ1v) is 8.38. The summed E-state index contributed by atoms with van der Waals surface area (Å²) in [5.74, 6) is 1.71. The Morgan fingerprint density at radius 2 is 1.88 bits per heavy atom. The van der Waals surface area contributed by atoms with Crippen LogP contribution in [-0.4, -0.2) is 23.6 Å². The molecule has 0 radical (unpaired) electrons. The molecule has 2 aromatic carbocycles. The predicted molar refractivity (Wildman–Crippen MR) is 102 cm³/mol. The molecule has 0 fully saturated rings. The van der Waals surface area contributed by atoms with E-state index in [1.54, 1.807) is 19.2 Å². The lowest BCUT2D eigenvalue weighted by atomic mass is 10.1. The number of nitrogens with zero attached hydrogens (tertiary/aromatic N) is 2. The maximum absolute atomic E-state index is 13.3. The van der Waals surface area contributed by atoms with Crippen LogP contribution in [0, 0.1) is 12.7 Å². The number of methoxy groups -OCH3 is 1. The highest BCUT2D eigenvalue weighted by Crippen LogP contribution is 2.19. The number of nitrogens with one attached hydrogen (secondary N) is 2. The second kappa shape index (κ2) is 8.29. The van der Waals surface area contributed by atoms with Gasteiger partial charge in [-0.25, -0.2) is 9.37 Å². The summed E-state index contributed by atoms with van der Waals surface area (Å²) in [5, 5.41) is 6.33. The minimum absolute atomic E-state index is 0.295. The third-order valence-corrected chi connectivity index (χ3v) is 3.82. The van der Waals surface area contributed by atoms with Crippen molar-refractivity contribution in [2.24, 2.45) is 0 Å². The molecular formula is C20H21FN4O. The maximum atomic E-state index is 13.3. The van der Waals surface area contributed by atoms with Crippen LogP contribution in [0.2, 0.25) is 0 Å². The predicted octanol–water partition coefficient (Wildman–Crippen LogP) is 4.33. The summed E-state index contributed by atoms with van der Waals surface area (Å²) < 4.78 is 18.7. The van der Waals surface area contributed by atoms with E-state index in [-0.39, 0.29) is 5.82 Å². The van der Waals surface area contributed by atoms with E-state index >= 15 is 0 Å². The van der Waals surface area contributed by atoms with E-state index in [2.05, 4.69) is 20.6 Å². The van der Waals surface area contributed by atoms with Gasteiger partial charge in [0.05, 0.1) is 7.11 Å². The van der Waals surface area contributed by atoms with Crippen molar-refractivity contribution in [1.82, 2.24) is 9.97 Å². The fourth-order valence-corrected chi connectivity index (χ4v) is 2.64. The maximum Gasteiger partial charge on any atom is 0.224 e. The first-order chi connectivity index (χ1) is 12.6. The molecule has 0 aliphatic carbocycles. The van der Waals surface area contributed by atoms with Gasteiger partial charge in [-0.1, -0.05) is 24.3 Å². The minimum Gasteiger partial charge on any atom is -0.496 e. The van der Waals surface area contributed by atoms with E-state index in [1.807, 2.05) is 37.3 Å². The van der Waals surface area contributed by atoms with Crippen LogP contribution in [0.5, 0.6) is 5.75 Å². The summed E-state index contributed by atoms with van der Waals surface area (Å²) in [6, 6.07) is 16.0. The number of ether oxygens (including phenoxy) is 1. The van der Waals surface area contributed by atoms with Gasteiger partial charge in [-0.2, -0.15) is 4.98 Å². The molecule has 0 saturated heterocycles. The molecule has 0 spiro atoms. The number of para-hydroxylation sites is 1. The van der Waals surface area contributed by atoms with Crippen LogP contribution in [0.25, 0.3) is 0 Å². The molecule has 0 saturated carbocycles. The Hall–Kier alpha value is -3.15. The van der Waals surface area contributed by atoms with E-state index in [4.69, 9.17) is 4.74 Å². The molecule has 0 bridgehead atoms. The van der Waals surface area contributed by atoms with Crippen molar-refractivity contribution in [1.29, 1.82) is 0 Å². The molecular weight excluding hydrogens is 331 g/mol. The number of hydrogen-bond acceptors (Lipinski definition) is 5. The second-order valence-corrected chi connectivity index (χ2v) is 5.84. The molecule has 6 heteroatoms. The van der Waals surface area contributed by atoms with Crippen LogP contribution < -0.4 is 15.4 Å². The van der Waals surface area contributed by atoms with Gasteiger partial charge in [-0.3, -0.25) is 0 Å². The third-order valence-electron chi connectivity index (χ3n) is 3.82. The topological polar surface area (TPSA) is 59.1 Å². The van der Waals surface area contributed by atoms with Crippen LogP contribution >= 0.6 is 0 Å². The van der Waals surface area contributed by atoms with Gasteiger partial charge in [0.15, 0.2) is 0 Å². The quantitative estimate of drug-likeness (QED) is 0.663. The number of aryl methyl sites for hydroxylation is 1. The highest BCUT2D eigenvalue weighted by Gasteiger charge is 2.05. The van der Waals surface area contributed by atoms with Crippen molar-refractivity contribution in [3.8, 4) is 5.75 Å². The molecule has 1 heterocycles. The van der Waals surface area contributed by atoms with Crippen molar-refractivity contribution < 1.29 is 9.13 Å². The monoisotopic (exact) mass is 352 g/mol. The van der Waals surface area contributed by atoms with Crippen LogP contribution in [0.4, 0.5) is 21.8 Å². The first-order valence-electron chi connectivity index (χ1n) is 8.38. The summed E-state index contributed by atoms with van der Waals surface area (Å²) in [4.78, 5) is 8.84. The van der Waals surface area contributed by atoms with Crippen molar-refractivity contribution >= 4 is 17.5 Å². The van der Waals surface area contributed by atoms with E-state index in [9.17, 15) is 4.39 Å². The van der Waals surface area contributed by atoms with Crippen molar-refractivity contribution in [2.45, 2.75) is 13.3 Å². The molecule has 26 heavy (non-hydrogen) atoms. The SMILES string of the molecule is COc1ccccc1CCNc1nc(C)cc(Nc2cccc(F)c2)n1. The number of benzene rings is 2. The highest BCUT2D eigenvalue weighted by atomic mass is 19.1. The molecule has 3 rings (SSSR count). The lowest BCUT2D eigenvalue weighted by molar-refractivity contribution is 0.410. The van der Waals surface area contributed by atoms with E-state index in [1.165, 1.54) is 12.1 Å². The minimum atomic E-state index is -0.295. The largest absolute Gasteiger partial charge is 0.496 e. The fraction of sp³-hybridized carbons (Fsp3) is 0.200. The van der Waals surface area contributed by atoms with Gasteiger partial charge in [0.1, 0.15) is 17.4 Å². The van der Waals surface area contributed by atoms with Crippen LogP contribution in [-0.2, 0) is 6.42 Å². The normalized spacial score (nSPS) is 10.4. The number of halogens is 1. The van der Waals surface area contributed by atoms with Crippen LogP contribution in [0.3, 0.4) is 0 Å². The van der Waals surface area contributed by atoms with Gasteiger partial charge >= 0.3 is 0 Å². The molecule has 0 amide bonds. The number of hydrogen-bond donors (Lipinski definition) is 2. The van der Waals surface area contributed by atoms with Gasteiger partial charge in [-0.05, 0) is 43.2 Å². The van der Waals surface area contributed by atoms with Crippen molar-refractivity contribution in [2.75, 3.05) is 24.3 Å². The molecule has 134 valence electrons. The summed E-state index contributed by atoms with van der Waals surface area (Å²) >= 11 is 0. The number of aromatic nitrogens is 2. The molecule has 5 nitrogen and oxygen atoms in total. The molecule has 1 aromatic heterocycles. The Bertz CT molecular complexity index is 885. The summed E-state index contributed by atoms with van der Waals surface area (Å²) in [7, 11) is 1.67. The smallest absolute Gasteiger partial charge is 0.224 e. The van der Waals surface area contributed by atoms with Crippen molar-refractivity contribution in [3.63, 3.8) is 0 Å². The standard InChI is InChI=1S/C20H21FN4O/c1-14-12-19(24-17-8-5-7-16(21)13-17)25-20(23-14)22-11-10-15-6-3-4-9-18(15)26-2/h3-9,12-13H,10-11H2,1-2H3,(H2,22,23,24,25). The van der Waals surface area contributed by atoms with E-state index in [0.29, 0.717) is 24.0 Å². The Balaban J connectivity index is 1.66. The van der Waals surface area contributed by atoms with Gasteiger partial charge in [0, 0.05) is 24.0 Å².